The van der Waals surface area contributed by atoms with E-state index in [2.05, 4.69) is 15.0 Å². The van der Waals surface area contributed by atoms with Gasteiger partial charge in [0, 0.05) is 17.5 Å². The van der Waals surface area contributed by atoms with Crippen LogP contribution in [0.4, 0.5) is 0 Å². The molecule has 0 spiro atoms. The molecule has 0 saturated heterocycles. The second-order valence-corrected chi connectivity index (χ2v) is 9.16. The maximum absolute atomic E-state index is 13.1. The molecular weight excluding hydrogens is 390 g/mol. The highest BCUT2D eigenvalue weighted by Gasteiger charge is 2.33. The fraction of sp³-hybridized carbons (Fsp3) is 0.333. The molecule has 0 aromatic heterocycles. The lowest BCUT2D eigenvalue weighted by Crippen LogP contribution is -2.41. The van der Waals surface area contributed by atoms with Gasteiger partial charge in [0.2, 0.25) is 5.91 Å². The van der Waals surface area contributed by atoms with E-state index in [0.29, 0.717) is 18.6 Å². The molecular formula is C21H23N3O4S. The number of carbonyl (C=O) groups is 1. The number of hydrogen-bond donors (Lipinski definition) is 2. The minimum atomic E-state index is -3.65. The van der Waals surface area contributed by atoms with Crippen LogP contribution in [-0.2, 0) is 14.8 Å². The predicted molar refractivity (Wildman–Crippen MR) is 109 cm³/mol. The van der Waals surface area contributed by atoms with Crippen LogP contribution in [0.3, 0.4) is 0 Å². The molecule has 29 heavy (non-hydrogen) atoms. The van der Waals surface area contributed by atoms with Gasteiger partial charge in [-0.1, -0.05) is 44.2 Å². The van der Waals surface area contributed by atoms with Crippen molar-refractivity contribution in [3.63, 3.8) is 0 Å². The van der Waals surface area contributed by atoms with Crippen LogP contribution in [0.15, 0.2) is 58.4 Å². The van der Waals surface area contributed by atoms with E-state index in [1.165, 1.54) is 6.07 Å². The van der Waals surface area contributed by atoms with Crippen LogP contribution in [0, 0.1) is 5.92 Å². The van der Waals surface area contributed by atoms with Gasteiger partial charge < -0.3 is 10.1 Å². The number of benzene rings is 2. The van der Waals surface area contributed by atoms with Crippen molar-refractivity contribution in [1.29, 1.82) is 0 Å². The third-order valence-electron chi connectivity index (χ3n) is 5.11. The summed E-state index contributed by atoms with van der Waals surface area (Å²) in [7, 11) is -3.65. The van der Waals surface area contributed by atoms with Crippen molar-refractivity contribution in [2.75, 3.05) is 6.61 Å². The van der Waals surface area contributed by atoms with Crippen LogP contribution in [0.1, 0.15) is 37.4 Å². The summed E-state index contributed by atoms with van der Waals surface area (Å²) in [5.41, 5.74) is 1.43. The zero-order chi connectivity index (χ0) is 20.6. The second kappa shape index (κ2) is 7.51. The van der Waals surface area contributed by atoms with E-state index >= 15 is 0 Å². The van der Waals surface area contributed by atoms with E-state index in [1.54, 1.807) is 18.2 Å². The van der Waals surface area contributed by atoms with Crippen molar-refractivity contribution in [2.24, 2.45) is 10.9 Å². The van der Waals surface area contributed by atoms with Gasteiger partial charge in [0.05, 0.1) is 17.5 Å². The Balaban J connectivity index is 1.61. The van der Waals surface area contributed by atoms with Crippen LogP contribution in [0.5, 0.6) is 5.75 Å². The number of aliphatic imine (C=N–C) groups is 1. The largest absolute Gasteiger partial charge is 0.493 e. The fourth-order valence-electron chi connectivity index (χ4n) is 3.63. The van der Waals surface area contributed by atoms with Crippen molar-refractivity contribution >= 4 is 21.8 Å². The molecule has 0 saturated carbocycles. The molecule has 8 heteroatoms. The molecule has 0 radical (unpaired) electrons. The number of rotatable bonds is 4. The average molecular weight is 413 g/mol. The Kier molecular flexibility index (Phi) is 5.04. The highest BCUT2D eigenvalue weighted by molar-refractivity contribution is 7.90. The highest BCUT2D eigenvalue weighted by Crippen LogP contribution is 2.32. The smallest absolute Gasteiger partial charge is 0.263 e. The summed E-state index contributed by atoms with van der Waals surface area (Å²) in [4.78, 5) is 17.8. The van der Waals surface area contributed by atoms with Crippen LogP contribution in [-0.4, -0.2) is 32.8 Å². The van der Waals surface area contributed by atoms with Crippen molar-refractivity contribution in [2.45, 2.75) is 37.2 Å². The number of amidine groups is 1. The summed E-state index contributed by atoms with van der Waals surface area (Å²) < 4.78 is 32.8. The number of hydrogen-bond acceptors (Lipinski definition) is 5. The molecule has 0 bridgehead atoms. The number of fused-ring (bicyclic) bond motifs is 2. The Morgan fingerprint density at radius 3 is 2.69 bits per heavy atom. The third kappa shape index (κ3) is 3.72. The third-order valence-corrected chi connectivity index (χ3v) is 6.50. The summed E-state index contributed by atoms with van der Waals surface area (Å²) in [5, 5.41) is 3.07. The van der Waals surface area contributed by atoms with Crippen LogP contribution >= 0.6 is 0 Å². The van der Waals surface area contributed by atoms with Crippen LogP contribution in [0.2, 0.25) is 0 Å². The molecule has 2 aliphatic rings. The van der Waals surface area contributed by atoms with Gasteiger partial charge in [0.25, 0.3) is 10.0 Å². The van der Waals surface area contributed by atoms with Crippen LogP contribution in [0.25, 0.3) is 0 Å². The highest BCUT2D eigenvalue weighted by atomic mass is 32.2. The van der Waals surface area contributed by atoms with Gasteiger partial charge in [-0.15, -0.1) is 0 Å². The molecule has 152 valence electrons. The molecule has 0 aliphatic carbocycles. The lowest BCUT2D eigenvalue weighted by molar-refractivity contribution is -0.124. The van der Waals surface area contributed by atoms with Gasteiger partial charge in [-0.25, -0.2) is 8.42 Å². The molecule has 2 atom stereocenters. The molecule has 2 aliphatic heterocycles. The van der Waals surface area contributed by atoms with Gasteiger partial charge in [0.15, 0.2) is 0 Å². The fourth-order valence-corrected chi connectivity index (χ4v) is 4.87. The first kappa shape index (κ1) is 19.4. The molecule has 2 aromatic carbocycles. The monoisotopic (exact) mass is 413 g/mol. The zero-order valence-electron chi connectivity index (χ0n) is 16.3. The number of nitrogens with zero attached hydrogens (tertiary/aromatic N) is 1. The standard InChI is InChI=1S/C21H23N3O4S/c1-13(2)19(23-20-15-8-4-6-10-18(15)29(26,27)24-20)21(25)22-16-11-12-28-17-9-5-3-7-14(16)17/h3-10,13,16,19H,11-12H2,1-2H3,(H,22,25)(H,23,24)/t16-,19-/m0/s1. The quantitative estimate of drug-likeness (QED) is 0.804. The summed E-state index contributed by atoms with van der Waals surface area (Å²) in [6.07, 6.45) is 0.666. The first-order valence-corrected chi connectivity index (χ1v) is 11.1. The van der Waals surface area contributed by atoms with Crippen molar-refractivity contribution in [3.05, 3.63) is 59.7 Å². The Morgan fingerprint density at radius 1 is 1.17 bits per heavy atom. The SMILES string of the molecule is CC(C)[C@H](N=C1NS(=O)(=O)c2ccccc21)C(=O)N[C@H]1CCOc2ccccc21. The number of ether oxygens (including phenoxy) is 1. The Bertz CT molecular complexity index is 1080. The van der Waals surface area contributed by atoms with E-state index in [-0.39, 0.29) is 28.6 Å². The molecule has 7 nitrogen and oxygen atoms in total. The van der Waals surface area contributed by atoms with E-state index in [1.807, 2.05) is 38.1 Å². The molecule has 0 fully saturated rings. The maximum atomic E-state index is 13.1. The number of nitrogens with one attached hydrogen (secondary N) is 2. The van der Waals surface area contributed by atoms with Crippen molar-refractivity contribution < 1.29 is 17.9 Å². The van der Waals surface area contributed by atoms with E-state index in [0.717, 1.165) is 11.3 Å². The van der Waals surface area contributed by atoms with Crippen LogP contribution < -0.4 is 14.8 Å². The summed E-state index contributed by atoms with van der Waals surface area (Å²) in [6.45, 7) is 4.30. The van der Waals surface area contributed by atoms with Crippen molar-refractivity contribution in [1.82, 2.24) is 10.0 Å². The zero-order valence-corrected chi connectivity index (χ0v) is 17.1. The summed E-state index contributed by atoms with van der Waals surface area (Å²) >= 11 is 0. The van der Waals surface area contributed by atoms with Gasteiger partial charge in [-0.2, -0.15) is 0 Å². The molecule has 2 heterocycles. The minimum Gasteiger partial charge on any atom is -0.493 e. The predicted octanol–water partition coefficient (Wildman–Crippen LogP) is 2.39. The molecule has 1 amide bonds. The first-order chi connectivity index (χ1) is 13.9. The van der Waals surface area contributed by atoms with Gasteiger partial charge >= 0.3 is 0 Å². The molecule has 2 aromatic rings. The molecule has 2 N–H and O–H groups in total. The minimum absolute atomic E-state index is 0.116. The van der Waals surface area contributed by atoms with E-state index in [4.69, 9.17) is 4.74 Å². The average Bonchev–Trinajstić information content (AvgIpc) is 2.96. The van der Waals surface area contributed by atoms with Gasteiger partial charge in [-0.3, -0.25) is 14.5 Å². The van der Waals surface area contributed by atoms with Crippen molar-refractivity contribution in [3.8, 4) is 5.75 Å². The number of carbonyl (C=O) groups excluding carboxylic acids is 1. The van der Waals surface area contributed by atoms with E-state index < -0.39 is 16.1 Å². The lowest BCUT2D eigenvalue weighted by atomic mass is 9.98. The molecule has 0 unspecified atom stereocenters. The summed E-state index contributed by atoms with van der Waals surface area (Å²) in [6, 6.07) is 13.4. The number of sulfonamides is 1. The second-order valence-electron chi connectivity index (χ2n) is 7.50. The number of para-hydroxylation sites is 1. The Hall–Kier alpha value is -2.87. The topological polar surface area (TPSA) is 96.9 Å². The lowest BCUT2D eigenvalue weighted by Gasteiger charge is -2.28. The number of amides is 1. The van der Waals surface area contributed by atoms with Gasteiger partial charge in [-0.05, 0) is 24.1 Å². The Morgan fingerprint density at radius 2 is 1.90 bits per heavy atom. The first-order valence-electron chi connectivity index (χ1n) is 9.59. The summed E-state index contributed by atoms with van der Waals surface area (Å²) in [5.74, 6) is 0.628. The normalized spacial score (nSPS) is 21.6. The van der Waals surface area contributed by atoms with Gasteiger partial charge in [0.1, 0.15) is 17.6 Å². The maximum Gasteiger partial charge on any atom is 0.263 e. The Labute approximate surface area is 170 Å². The molecule has 4 rings (SSSR count). The van der Waals surface area contributed by atoms with E-state index in [9.17, 15) is 13.2 Å².